The summed E-state index contributed by atoms with van der Waals surface area (Å²) in [6, 6.07) is 25.1. The van der Waals surface area contributed by atoms with E-state index in [1.54, 1.807) is 14.2 Å². The molecule has 242 valence electrons. The van der Waals surface area contributed by atoms with Gasteiger partial charge in [0.1, 0.15) is 22.7 Å². The Morgan fingerprint density at radius 2 is 1.09 bits per heavy atom. The van der Waals surface area contributed by atoms with Crippen molar-refractivity contribution in [2.24, 2.45) is 0 Å². The molecule has 0 unspecified atom stereocenters. The zero-order valence-corrected chi connectivity index (χ0v) is 26.8. The maximum absolute atomic E-state index is 6.83. The molecule has 45 heavy (non-hydrogen) atoms. The maximum atomic E-state index is 6.83. The van der Waals surface area contributed by atoms with Gasteiger partial charge < -0.3 is 33.2 Å². The van der Waals surface area contributed by atoms with E-state index < -0.39 is 11.2 Å². The first-order valence-electron chi connectivity index (χ1n) is 16.6. The monoisotopic (exact) mass is 616 g/mol. The second-order valence-electron chi connectivity index (χ2n) is 12.4. The molecule has 7 nitrogen and oxygen atoms in total. The van der Waals surface area contributed by atoms with Gasteiger partial charge in [0.05, 0.1) is 66.1 Å². The Morgan fingerprint density at radius 3 is 1.53 bits per heavy atom. The first-order chi connectivity index (χ1) is 22.2. The van der Waals surface area contributed by atoms with Gasteiger partial charge in [0, 0.05) is 11.1 Å². The fourth-order valence-corrected chi connectivity index (χ4v) is 7.62. The third-order valence-electron chi connectivity index (χ3n) is 9.80. The Morgan fingerprint density at radius 1 is 0.600 bits per heavy atom. The van der Waals surface area contributed by atoms with E-state index in [-0.39, 0.29) is 12.2 Å². The lowest BCUT2D eigenvalue weighted by Gasteiger charge is -2.44. The Kier molecular flexibility index (Phi) is 10.7. The van der Waals surface area contributed by atoms with Crippen LogP contribution in [0.1, 0.15) is 73.6 Å². The van der Waals surface area contributed by atoms with Crippen molar-refractivity contribution < 1.29 is 33.2 Å². The first-order valence-corrected chi connectivity index (χ1v) is 16.6. The summed E-state index contributed by atoms with van der Waals surface area (Å²) in [4.78, 5) is 0. The number of rotatable bonds is 4. The molecule has 6 rings (SSSR count). The van der Waals surface area contributed by atoms with Crippen molar-refractivity contribution in [3.8, 4) is 11.5 Å². The van der Waals surface area contributed by atoms with Gasteiger partial charge in [-0.25, -0.2) is 0 Å². The quantitative estimate of drug-likeness (QED) is 0.301. The van der Waals surface area contributed by atoms with E-state index in [1.807, 2.05) is 24.3 Å². The lowest BCUT2D eigenvalue weighted by atomic mass is 9.77. The third-order valence-corrected chi connectivity index (χ3v) is 9.80. The highest BCUT2D eigenvalue weighted by Gasteiger charge is 2.46. The number of hydrogen-bond acceptors (Lipinski definition) is 7. The van der Waals surface area contributed by atoms with Crippen LogP contribution in [-0.2, 0) is 48.1 Å². The van der Waals surface area contributed by atoms with Crippen LogP contribution in [0, 0.1) is 0 Å². The summed E-state index contributed by atoms with van der Waals surface area (Å²) in [7, 11) is 3.42. The smallest absolute Gasteiger partial charge is 0.130 e. The Hall–Kier alpha value is -2.94. The zero-order valence-electron chi connectivity index (χ0n) is 26.8. The summed E-state index contributed by atoms with van der Waals surface area (Å²) in [6.07, 6.45) is 7.70. The predicted octanol–water partition coefficient (Wildman–Crippen LogP) is 7.48. The number of fused-ring (bicyclic) bond motifs is 4. The number of methoxy groups -OCH3 is 2. The molecule has 7 heteroatoms. The lowest BCUT2D eigenvalue weighted by molar-refractivity contribution is -0.192. The van der Waals surface area contributed by atoms with Gasteiger partial charge in [0.25, 0.3) is 0 Å². The Balaban J connectivity index is 1.36. The van der Waals surface area contributed by atoms with Crippen LogP contribution in [0.4, 0.5) is 0 Å². The lowest BCUT2D eigenvalue weighted by Crippen LogP contribution is -2.47. The first kappa shape index (κ1) is 32.0. The van der Waals surface area contributed by atoms with Crippen molar-refractivity contribution >= 4 is 0 Å². The van der Waals surface area contributed by atoms with E-state index in [0.717, 1.165) is 85.1 Å². The summed E-state index contributed by atoms with van der Waals surface area (Å²) in [5.41, 5.74) is 3.04. The minimum absolute atomic E-state index is 0.125. The maximum Gasteiger partial charge on any atom is 0.130 e. The molecular formula is C38H48O7. The fraction of sp³-hybridized carbons (Fsp3) is 0.526. The standard InChI is InChI=1S/C38H48O7/c1-39-33-25-29-27-42-34-17-9-11-19-37(34,31-13-5-3-6-14-31)44-23-21-41-22-24-45-38(32-15-7-4-8-16-32)20-12-10-18-35(38)43-28-30(26-33)36(29)40-2/h3-8,13-16,25-26,34-35H,9-12,17-24,27-28H2,1-2H3/t34-,35-,37-,38-/m0/s1. The van der Waals surface area contributed by atoms with Gasteiger partial charge in [-0.1, -0.05) is 86.3 Å². The molecule has 0 N–H and O–H groups in total. The minimum atomic E-state index is -0.560. The number of benzene rings is 3. The summed E-state index contributed by atoms with van der Waals surface area (Å²) in [5.74, 6) is 1.53. The largest absolute Gasteiger partial charge is 0.497 e. The van der Waals surface area contributed by atoms with Crippen LogP contribution in [0.3, 0.4) is 0 Å². The molecular weight excluding hydrogens is 568 g/mol. The van der Waals surface area contributed by atoms with Gasteiger partial charge in [-0.2, -0.15) is 0 Å². The second kappa shape index (κ2) is 15.1. The average molecular weight is 617 g/mol. The van der Waals surface area contributed by atoms with Gasteiger partial charge in [-0.05, 0) is 48.9 Å². The van der Waals surface area contributed by atoms with Gasteiger partial charge >= 0.3 is 0 Å². The molecule has 0 spiro atoms. The fourth-order valence-electron chi connectivity index (χ4n) is 7.62. The van der Waals surface area contributed by atoms with E-state index in [0.29, 0.717) is 39.6 Å². The molecule has 0 radical (unpaired) electrons. The summed E-state index contributed by atoms with van der Waals surface area (Å²) >= 11 is 0. The van der Waals surface area contributed by atoms with Crippen molar-refractivity contribution in [3.05, 3.63) is 95.1 Å². The van der Waals surface area contributed by atoms with E-state index in [1.165, 1.54) is 0 Å². The van der Waals surface area contributed by atoms with Gasteiger partial charge in [-0.3, -0.25) is 0 Å². The van der Waals surface area contributed by atoms with Crippen molar-refractivity contribution in [2.75, 3.05) is 40.6 Å². The molecule has 2 bridgehead atoms. The van der Waals surface area contributed by atoms with Crippen LogP contribution >= 0.6 is 0 Å². The van der Waals surface area contributed by atoms with Crippen LogP contribution in [0.25, 0.3) is 0 Å². The van der Waals surface area contributed by atoms with Crippen LogP contribution in [0.15, 0.2) is 72.8 Å². The second-order valence-corrected chi connectivity index (χ2v) is 12.4. The predicted molar refractivity (Wildman–Crippen MR) is 173 cm³/mol. The molecule has 3 aromatic rings. The average Bonchev–Trinajstić information content (AvgIpc) is 3.10. The van der Waals surface area contributed by atoms with Crippen molar-refractivity contribution in [1.29, 1.82) is 0 Å². The highest BCUT2D eigenvalue weighted by molar-refractivity contribution is 5.47. The van der Waals surface area contributed by atoms with Gasteiger partial charge in [-0.15, -0.1) is 0 Å². The molecule has 2 fully saturated rings. The van der Waals surface area contributed by atoms with Crippen LogP contribution in [0.2, 0.25) is 0 Å². The van der Waals surface area contributed by atoms with Gasteiger partial charge in [0.2, 0.25) is 0 Å². The van der Waals surface area contributed by atoms with Crippen molar-refractivity contribution in [2.45, 2.75) is 88.0 Å². The normalized spacial score (nSPS) is 28.5. The topological polar surface area (TPSA) is 64.6 Å². The molecule has 4 atom stereocenters. The van der Waals surface area contributed by atoms with E-state index in [4.69, 9.17) is 33.2 Å². The third kappa shape index (κ3) is 6.93. The van der Waals surface area contributed by atoms with E-state index >= 15 is 0 Å². The highest BCUT2D eigenvalue weighted by Crippen LogP contribution is 2.45. The van der Waals surface area contributed by atoms with Crippen molar-refractivity contribution in [3.63, 3.8) is 0 Å². The van der Waals surface area contributed by atoms with Crippen molar-refractivity contribution in [1.82, 2.24) is 0 Å². The molecule has 3 aliphatic rings. The van der Waals surface area contributed by atoms with Crippen LogP contribution in [-0.4, -0.2) is 52.9 Å². The molecule has 0 aromatic heterocycles. The minimum Gasteiger partial charge on any atom is -0.497 e. The Labute approximate surface area is 268 Å². The van der Waals surface area contributed by atoms with Crippen LogP contribution < -0.4 is 9.47 Å². The summed E-state index contributed by atoms with van der Waals surface area (Å²) in [5, 5.41) is 0. The Bertz CT molecular complexity index is 1250. The van der Waals surface area contributed by atoms with E-state index in [2.05, 4.69) is 48.5 Å². The molecule has 2 saturated carbocycles. The number of hydrogen-bond donors (Lipinski definition) is 0. The molecule has 1 aliphatic heterocycles. The molecule has 3 aromatic carbocycles. The van der Waals surface area contributed by atoms with Gasteiger partial charge in [0.15, 0.2) is 0 Å². The van der Waals surface area contributed by atoms with E-state index in [9.17, 15) is 0 Å². The highest BCUT2D eigenvalue weighted by atomic mass is 16.6. The molecule has 0 amide bonds. The molecule has 1 heterocycles. The zero-order chi connectivity index (χ0) is 31.0. The molecule has 2 aliphatic carbocycles. The van der Waals surface area contributed by atoms with Crippen LogP contribution in [0.5, 0.6) is 11.5 Å². The number of ether oxygens (including phenoxy) is 7. The summed E-state index contributed by atoms with van der Waals surface area (Å²) < 4.78 is 45.3. The summed E-state index contributed by atoms with van der Waals surface area (Å²) in [6.45, 7) is 2.64. The molecule has 0 saturated heterocycles. The SMILES string of the molecule is COc1cc2c(OC)c(c1)CO[C@H]1CCCC[C@@]1(c1ccccc1)OCCOCCO[C@]1(c3ccccc3)CCCC[C@@H]1OC2.